The number of hydrogen-bond donors (Lipinski definition) is 2. The molecule has 0 bridgehead atoms. The van der Waals surface area contributed by atoms with Gasteiger partial charge in [0, 0.05) is 13.0 Å². The van der Waals surface area contributed by atoms with Gasteiger partial charge in [-0.3, -0.25) is 9.59 Å². The van der Waals surface area contributed by atoms with Crippen LogP contribution in [-0.4, -0.2) is 23.5 Å². The van der Waals surface area contributed by atoms with Crippen molar-refractivity contribution in [1.29, 1.82) is 0 Å². The highest BCUT2D eigenvalue weighted by molar-refractivity contribution is 5.76. The number of carboxylic acids is 1. The predicted molar refractivity (Wildman–Crippen MR) is 56.4 cm³/mol. The SMILES string of the molecule is CC(CCNC(=O)CC1CCC1)C(=O)O. The lowest BCUT2D eigenvalue weighted by atomic mass is 9.83. The van der Waals surface area contributed by atoms with Crippen LogP contribution in [0.1, 0.15) is 39.0 Å². The summed E-state index contributed by atoms with van der Waals surface area (Å²) in [6, 6.07) is 0. The quantitative estimate of drug-likeness (QED) is 0.701. The van der Waals surface area contributed by atoms with E-state index < -0.39 is 5.97 Å². The van der Waals surface area contributed by atoms with Gasteiger partial charge in [-0.25, -0.2) is 0 Å². The molecule has 1 fully saturated rings. The van der Waals surface area contributed by atoms with Gasteiger partial charge in [0.25, 0.3) is 0 Å². The summed E-state index contributed by atoms with van der Waals surface area (Å²) >= 11 is 0. The zero-order valence-electron chi connectivity index (χ0n) is 9.16. The number of carbonyl (C=O) groups is 2. The number of amides is 1. The molecule has 1 rings (SSSR count). The molecule has 0 radical (unpaired) electrons. The van der Waals surface area contributed by atoms with Crippen LogP contribution in [0.5, 0.6) is 0 Å². The molecule has 0 heterocycles. The Hall–Kier alpha value is -1.06. The zero-order chi connectivity index (χ0) is 11.3. The van der Waals surface area contributed by atoms with Gasteiger partial charge >= 0.3 is 5.97 Å². The first-order valence-corrected chi connectivity index (χ1v) is 5.59. The summed E-state index contributed by atoms with van der Waals surface area (Å²) in [5.41, 5.74) is 0. The summed E-state index contributed by atoms with van der Waals surface area (Å²) in [5.74, 6) is -0.545. The minimum atomic E-state index is -0.803. The van der Waals surface area contributed by atoms with Crippen molar-refractivity contribution in [3.63, 3.8) is 0 Å². The van der Waals surface area contributed by atoms with Crippen LogP contribution in [0.4, 0.5) is 0 Å². The van der Waals surface area contributed by atoms with E-state index in [1.807, 2.05) is 0 Å². The summed E-state index contributed by atoms with van der Waals surface area (Å²) in [6.07, 6.45) is 4.69. The minimum absolute atomic E-state index is 0.0669. The van der Waals surface area contributed by atoms with Crippen LogP contribution in [0, 0.1) is 11.8 Å². The number of carbonyl (C=O) groups excluding carboxylic acids is 1. The zero-order valence-corrected chi connectivity index (χ0v) is 9.16. The second-order valence-corrected chi connectivity index (χ2v) is 4.38. The predicted octanol–water partition coefficient (Wildman–Crippen LogP) is 1.40. The second kappa shape index (κ2) is 5.73. The molecule has 1 aliphatic rings. The highest BCUT2D eigenvalue weighted by Crippen LogP contribution is 2.28. The third-order valence-corrected chi connectivity index (χ3v) is 3.02. The molecule has 1 aliphatic carbocycles. The van der Waals surface area contributed by atoms with Crippen LogP contribution in [0.2, 0.25) is 0 Å². The maximum atomic E-state index is 11.3. The van der Waals surface area contributed by atoms with Gasteiger partial charge in [0.1, 0.15) is 0 Å². The number of nitrogens with one attached hydrogen (secondary N) is 1. The van der Waals surface area contributed by atoms with E-state index in [2.05, 4.69) is 5.32 Å². The lowest BCUT2D eigenvalue weighted by molar-refractivity contribution is -0.141. The largest absolute Gasteiger partial charge is 0.481 e. The summed E-state index contributed by atoms with van der Waals surface area (Å²) in [5, 5.41) is 11.4. The summed E-state index contributed by atoms with van der Waals surface area (Å²) in [6.45, 7) is 2.12. The Kier molecular flexibility index (Phi) is 4.59. The first kappa shape index (κ1) is 12.0. The van der Waals surface area contributed by atoms with Crippen LogP contribution in [0.3, 0.4) is 0 Å². The molecule has 0 aliphatic heterocycles. The molecule has 2 N–H and O–H groups in total. The maximum absolute atomic E-state index is 11.3. The van der Waals surface area contributed by atoms with Gasteiger partial charge < -0.3 is 10.4 Å². The van der Waals surface area contributed by atoms with Crippen LogP contribution >= 0.6 is 0 Å². The molecule has 15 heavy (non-hydrogen) atoms. The van der Waals surface area contributed by atoms with Crippen LogP contribution in [-0.2, 0) is 9.59 Å². The second-order valence-electron chi connectivity index (χ2n) is 4.38. The Morgan fingerprint density at radius 1 is 1.47 bits per heavy atom. The van der Waals surface area contributed by atoms with Gasteiger partial charge in [-0.15, -0.1) is 0 Å². The van der Waals surface area contributed by atoms with E-state index in [0.717, 1.165) is 0 Å². The van der Waals surface area contributed by atoms with Crippen molar-refractivity contribution in [3.8, 4) is 0 Å². The van der Waals surface area contributed by atoms with Crippen molar-refractivity contribution in [2.75, 3.05) is 6.54 Å². The van der Waals surface area contributed by atoms with E-state index in [-0.39, 0.29) is 11.8 Å². The molecule has 4 nitrogen and oxygen atoms in total. The number of aliphatic carboxylic acids is 1. The average molecular weight is 213 g/mol. The first-order chi connectivity index (χ1) is 7.09. The Bertz CT molecular complexity index is 236. The molecule has 0 aromatic carbocycles. The lowest BCUT2D eigenvalue weighted by Crippen LogP contribution is -2.30. The molecule has 0 aromatic heterocycles. The standard InChI is InChI=1S/C11H19NO3/c1-8(11(14)15)5-6-12-10(13)7-9-3-2-4-9/h8-9H,2-7H2,1H3,(H,12,13)(H,14,15). The average Bonchev–Trinajstić information content (AvgIpc) is 2.11. The Morgan fingerprint density at radius 2 is 2.13 bits per heavy atom. The monoisotopic (exact) mass is 213 g/mol. The van der Waals surface area contributed by atoms with E-state index in [9.17, 15) is 9.59 Å². The molecule has 1 unspecified atom stereocenters. The van der Waals surface area contributed by atoms with E-state index >= 15 is 0 Å². The first-order valence-electron chi connectivity index (χ1n) is 5.59. The Morgan fingerprint density at radius 3 is 2.60 bits per heavy atom. The fourth-order valence-electron chi connectivity index (χ4n) is 1.58. The smallest absolute Gasteiger partial charge is 0.306 e. The highest BCUT2D eigenvalue weighted by atomic mass is 16.4. The summed E-state index contributed by atoms with van der Waals surface area (Å²) < 4.78 is 0. The number of hydrogen-bond acceptors (Lipinski definition) is 2. The molecule has 1 atom stereocenters. The highest BCUT2D eigenvalue weighted by Gasteiger charge is 2.20. The molecule has 4 heteroatoms. The van der Waals surface area contributed by atoms with Crippen molar-refractivity contribution in [2.45, 2.75) is 39.0 Å². The van der Waals surface area contributed by atoms with Gasteiger partial charge in [0.2, 0.25) is 5.91 Å². The number of carboxylic acid groups (broad SMARTS) is 1. The van der Waals surface area contributed by atoms with Gasteiger partial charge in [-0.1, -0.05) is 13.3 Å². The van der Waals surface area contributed by atoms with E-state index in [0.29, 0.717) is 25.3 Å². The van der Waals surface area contributed by atoms with Crippen molar-refractivity contribution in [2.24, 2.45) is 11.8 Å². The fourth-order valence-corrected chi connectivity index (χ4v) is 1.58. The van der Waals surface area contributed by atoms with Gasteiger partial charge in [-0.05, 0) is 25.2 Å². The molecular weight excluding hydrogens is 194 g/mol. The third-order valence-electron chi connectivity index (χ3n) is 3.02. The molecule has 0 aromatic rings. The molecular formula is C11H19NO3. The summed E-state index contributed by atoms with van der Waals surface area (Å²) in [7, 11) is 0. The van der Waals surface area contributed by atoms with Gasteiger partial charge in [0.05, 0.1) is 5.92 Å². The molecule has 86 valence electrons. The third kappa shape index (κ3) is 4.32. The fraction of sp³-hybridized carbons (Fsp3) is 0.818. The van der Waals surface area contributed by atoms with Crippen molar-refractivity contribution < 1.29 is 14.7 Å². The number of rotatable bonds is 6. The summed E-state index contributed by atoms with van der Waals surface area (Å²) in [4.78, 5) is 21.8. The van der Waals surface area contributed by atoms with Crippen LogP contribution in [0.15, 0.2) is 0 Å². The van der Waals surface area contributed by atoms with E-state index in [1.165, 1.54) is 19.3 Å². The van der Waals surface area contributed by atoms with Crippen molar-refractivity contribution >= 4 is 11.9 Å². The lowest BCUT2D eigenvalue weighted by Gasteiger charge is -2.24. The topological polar surface area (TPSA) is 66.4 Å². The van der Waals surface area contributed by atoms with Gasteiger partial charge in [0.15, 0.2) is 0 Å². The van der Waals surface area contributed by atoms with Crippen LogP contribution < -0.4 is 5.32 Å². The van der Waals surface area contributed by atoms with E-state index in [1.54, 1.807) is 6.92 Å². The van der Waals surface area contributed by atoms with Crippen molar-refractivity contribution in [1.82, 2.24) is 5.32 Å². The van der Waals surface area contributed by atoms with Crippen molar-refractivity contribution in [3.05, 3.63) is 0 Å². The normalized spacial score (nSPS) is 17.9. The Labute approximate surface area is 90.0 Å². The van der Waals surface area contributed by atoms with Gasteiger partial charge in [-0.2, -0.15) is 0 Å². The molecule has 1 amide bonds. The molecule has 0 saturated heterocycles. The van der Waals surface area contributed by atoms with E-state index in [4.69, 9.17) is 5.11 Å². The molecule has 0 spiro atoms. The molecule has 1 saturated carbocycles. The minimum Gasteiger partial charge on any atom is -0.481 e. The Balaban J connectivity index is 2.03. The maximum Gasteiger partial charge on any atom is 0.306 e. The van der Waals surface area contributed by atoms with Crippen LogP contribution in [0.25, 0.3) is 0 Å².